The number of amides is 1. The van der Waals surface area contributed by atoms with Gasteiger partial charge in [-0.3, -0.25) is 0 Å². The van der Waals surface area contributed by atoms with Crippen LogP contribution in [0.15, 0.2) is 42.5 Å². The smallest absolute Gasteiger partial charge is 0.405 e. The molecule has 0 bridgehead atoms. The van der Waals surface area contributed by atoms with Gasteiger partial charge < -0.3 is 19.9 Å². The van der Waals surface area contributed by atoms with Gasteiger partial charge in [0.2, 0.25) is 0 Å². The van der Waals surface area contributed by atoms with Gasteiger partial charge in [-0.15, -0.1) is 0 Å². The summed E-state index contributed by atoms with van der Waals surface area (Å²) in [5.74, 6) is 0.804. The molecule has 0 radical (unpaired) electrons. The van der Waals surface area contributed by atoms with Gasteiger partial charge >= 0.3 is 6.09 Å². The second kappa shape index (κ2) is 7.38. The summed E-state index contributed by atoms with van der Waals surface area (Å²) in [5, 5.41) is 11.9. The van der Waals surface area contributed by atoms with Crippen molar-refractivity contribution < 1.29 is 19.4 Å². The minimum atomic E-state index is -0.987. The molecular weight excluding hydrogens is 330 g/mol. The van der Waals surface area contributed by atoms with Crippen molar-refractivity contribution in [2.75, 3.05) is 20.3 Å². The van der Waals surface area contributed by atoms with Crippen LogP contribution in [0.25, 0.3) is 11.1 Å². The van der Waals surface area contributed by atoms with Gasteiger partial charge in [-0.1, -0.05) is 38.1 Å². The number of rotatable bonds is 6. The number of carbonyl (C=O) groups is 1. The van der Waals surface area contributed by atoms with E-state index in [-0.39, 0.29) is 11.5 Å². The van der Waals surface area contributed by atoms with Crippen LogP contribution in [0, 0.1) is 5.41 Å². The summed E-state index contributed by atoms with van der Waals surface area (Å²) in [7, 11) is 1.65. The Hall–Kier alpha value is -2.53. The third-order valence-corrected chi connectivity index (χ3v) is 4.90. The van der Waals surface area contributed by atoms with Crippen molar-refractivity contribution in [1.82, 2.24) is 5.32 Å². The van der Waals surface area contributed by atoms with Gasteiger partial charge in [0.1, 0.15) is 12.4 Å². The lowest BCUT2D eigenvalue weighted by Crippen LogP contribution is -2.34. The molecule has 1 atom stereocenters. The standard InChI is InChI=1S/C21H25NO4/c1-21(2)13-16-5-4-15(12-18(16)19(21)22-20(23)24)14-6-8-17(9-7-14)26-11-10-25-3/h4-9,12,19,22H,10-11,13H2,1-3H3,(H,23,24). The van der Waals surface area contributed by atoms with Gasteiger partial charge in [0, 0.05) is 7.11 Å². The van der Waals surface area contributed by atoms with Crippen LogP contribution in [0.1, 0.15) is 31.0 Å². The Balaban J connectivity index is 1.84. The Morgan fingerprint density at radius 2 is 1.85 bits per heavy atom. The maximum absolute atomic E-state index is 11.2. The largest absolute Gasteiger partial charge is 0.491 e. The van der Waals surface area contributed by atoms with Crippen molar-refractivity contribution in [2.45, 2.75) is 26.3 Å². The highest BCUT2D eigenvalue weighted by molar-refractivity contribution is 5.69. The van der Waals surface area contributed by atoms with Crippen LogP contribution in [-0.2, 0) is 11.2 Å². The molecule has 26 heavy (non-hydrogen) atoms. The van der Waals surface area contributed by atoms with Crippen LogP contribution in [0.4, 0.5) is 4.79 Å². The quantitative estimate of drug-likeness (QED) is 0.760. The Kier molecular flexibility index (Phi) is 5.18. The number of benzene rings is 2. The minimum Gasteiger partial charge on any atom is -0.491 e. The molecule has 5 nitrogen and oxygen atoms in total. The van der Waals surface area contributed by atoms with Crippen LogP contribution in [0.2, 0.25) is 0 Å². The van der Waals surface area contributed by atoms with E-state index in [1.165, 1.54) is 5.56 Å². The van der Waals surface area contributed by atoms with E-state index in [4.69, 9.17) is 9.47 Å². The van der Waals surface area contributed by atoms with E-state index in [0.717, 1.165) is 28.9 Å². The van der Waals surface area contributed by atoms with E-state index in [1.807, 2.05) is 24.3 Å². The van der Waals surface area contributed by atoms with Gasteiger partial charge in [0.25, 0.3) is 0 Å². The molecule has 0 aliphatic heterocycles. The third kappa shape index (κ3) is 3.83. The maximum Gasteiger partial charge on any atom is 0.405 e. The lowest BCUT2D eigenvalue weighted by molar-refractivity contribution is 0.146. The highest BCUT2D eigenvalue weighted by Crippen LogP contribution is 2.46. The summed E-state index contributed by atoms with van der Waals surface area (Å²) in [4.78, 5) is 11.2. The second-order valence-corrected chi connectivity index (χ2v) is 7.33. The first kappa shape index (κ1) is 18.3. The Morgan fingerprint density at radius 3 is 2.50 bits per heavy atom. The Morgan fingerprint density at radius 1 is 1.15 bits per heavy atom. The Bertz CT molecular complexity index is 783. The molecule has 0 spiro atoms. The number of ether oxygens (including phenoxy) is 2. The first-order valence-electron chi connectivity index (χ1n) is 8.75. The summed E-state index contributed by atoms with van der Waals surface area (Å²) < 4.78 is 10.6. The van der Waals surface area contributed by atoms with Crippen molar-refractivity contribution in [3.05, 3.63) is 53.6 Å². The lowest BCUT2D eigenvalue weighted by atomic mass is 9.85. The number of fused-ring (bicyclic) bond motifs is 1. The third-order valence-electron chi connectivity index (χ3n) is 4.90. The molecule has 5 heteroatoms. The zero-order valence-corrected chi connectivity index (χ0v) is 15.4. The molecule has 0 fully saturated rings. The highest BCUT2D eigenvalue weighted by atomic mass is 16.5. The second-order valence-electron chi connectivity index (χ2n) is 7.33. The number of carboxylic acid groups (broad SMARTS) is 1. The molecule has 0 saturated carbocycles. The SMILES string of the molecule is COCCOc1ccc(-c2ccc3c(c2)C(NC(=O)O)C(C)(C)C3)cc1. The first-order valence-corrected chi connectivity index (χ1v) is 8.75. The van der Waals surface area contributed by atoms with Crippen molar-refractivity contribution in [1.29, 1.82) is 0 Å². The molecule has 0 aromatic heterocycles. The molecular formula is C21H25NO4. The van der Waals surface area contributed by atoms with Crippen LogP contribution >= 0.6 is 0 Å². The molecule has 138 valence electrons. The fourth-order valence-corrected chi connectivity index (χ4v) is 3.60. The van der Waals surface area contributed by atoms with Gasteiger partial charge in [-0.25, -0.2) is 4.79 Å². The van der Waals surface area contributed by atoms with E-state index in [0.29, 0.717) is 13.2 Å². The summed E-state index contributed by atoms with van der Waals surface area (Å²) in [6.45, 7) is 5.27. The monoisotopic (exact) mass is 355 g/mol. The molecule has 0 heterocycles. The summed E-state index contributed by atoms with van der Waals surface area (Å²) in [6, 6.07) is 14.0. The van der Waals surface area contributed by atoms with E-state index < -0.39 is 6.09 Å². The van der Waals surface area contributed by atoms with Crippen LogP contribution < -0.4 is 10.1 Å². The molecule has 3 rings (SSSR count). The topological polar surface area (TPSA) is 67.8 Å². The van der Waals surface area contributed by atoms with Crippen LogP contribution in [-0.4, -0.2) is 31.5 Å². The Labute approximate surface area is 153 Å². The van der Waals surface area contributed by atoms with Crippen molar-refractivity contribution in [3.8, 4) is 16.9 Å². The molecule has 1 aliphatic rings. The molecule has 2 aromatic rings. The number of hydrogen-bond acceptors (Lipinski definition) is 3. The summed E-state index contributed by atoms with van der Waals surface area (Å²) in [5.41, 5.74) is 4.28. The summed E-state index contributed by atoms with van der Waals surface area (Å²) >= 11 is 0. The average molecular weight is 355 g/mol. The summed E-state index contributed by atoms with van der Waals surface area (Å²) in [6.07, 6.45) is -0.126. The van der Waals surface area contributed by atoms with E-state index in [9.17, 15) is 9.90 Å². The van der Waals surface area contributed by atoms with Gasteiger partial charge in [-0.2, -0.15) is 0 Å². The molecule has 2 aromatic carbocycles. The minimum absolute atomic E-state index is 0.140. The average Bonchev–Trinajstić information content (AvgIpc) is 2.85. The predicted molar refractivity (Wildman–Crippen MR) is 101 cm³/mol. The van der Waals surface area contributed by atoms with Gasteiger partial charge in [0.05, 0.1) is 12.6 Å². The fourth-order valence-electron chi connectivity index (χ4n) is 3.60. The fraction of sp³-hybridized carbons (Fsp3) is 0.381. The molecule has 1 aliphatic carbocycles. The predicted octanol–water partition coefficient (Wildman–Crippen LogP) is 4.27. The van der Waals surface area contributed by atoms with Crippen molar-refractivity contribution >= 4 is 6.09 Å². The molecule has 1 unspecified atom stereocenters. The van der Waals surface area contributed by atoms with Crippen LogP contribution in [0.5, 0.6) is 5.75 Å². The maximum atomic E-state index is 11.2. The number of hydrogen-bond donors (Lipinski definition) is 2. The number of nitrogens with one attached hydrogen (secondary N) is 1. The van der Waals surface area contributed by atoms with Gasteiger partial charge in [0.15, 0.2) is 0 Å². The van der Waals surface area contributed by atoms with Crippen molar-refractivity contribution in [3.63, 3.8) is 0 Å². The normalized spacial score (nSPS) is 17.6. The van der Waals surface area contributed by atoms with Crippen molar-refractivity contribution in [2.24, 2.45) is 5.41 Å². The highest BCUT2D eigenvalue weighted by Gasteiger charge is 2.40. The van der Waals surface area contributed by atoms with E-state index in [2.05, 4.69) is 37.4 Å². The molecule has 1 amide bonds. The van der Waals surface area contributed by atoms with E-state index in [1.54, 1.807) is 7.11 Å². The molecule has 0 saturated heterocycles. The number of methoxy groups -OCH3 is 1. The zero-order valence-electron chi connectivity index (χ0n) is 15.4. The lowest BCUT2D eigenvalue weighted by Gasteiger charge is -2.27. The molecule has 2 N–H and O–H groups in total. The van der Waals surface area contributed by atoms with E-state index >= 15 is 0 Å². The van der Waals surface area contributed by atoms with Gasteiger partial charge in [-0.05, 0) is 52.3 Å². The zero-order chi connectivity index (χ0) is 18.7. The van der Waals surface area contributed by atoms with Crippen LogP contribution in [0.3, 0.4) is 0 Å². The first-order chi connectivity index (χ1) is 12.4.